The van der Waals surface area contributed by atoms with Gasteiger partial charge in [0.1, 0.15) is 0 Å². The number of hydrogen-bond donors (Lipinski definition) is 0. The van der Waals surface area contributed by atoms with Gasteiger partial charge in [0.15, 0.2) is 11.5 Å². The average Bonchev–Trinajstić information content (AvgIpc) is 3.33. The lowest BCUT2D eigenvalue weighted by Gasteiger charge is -2.23. The van der Waals surface area contributed by atoms with Crippen molar-refractivity contribution in [2.45, 2.75) is 70.5 Å². The van der Waals surface area contributed by atoms with Gasteiger partial charge in [0.25, 0.3) is 0 Å². The van der Waals surface area contributed by atoms with Crippen LogP contribution in [0.4, 0.5) is 0 Å². The minimum absolute atomic E-state index is 0.231. The Morgan fingerprint density at radius 3 is 2.70 bits per heavy atom. The van der Waals surface area contributed by atoms with E-state index < -0.39 is 5.60 Å². The summed E-state index contributed by atoms with van der Waals surface area (Å²) in [6, 6.07) is 5.74. The Bertz CT molecular complexity index is 696. The molecule has 1 aliphatic heterocycles. The number of hydrogen-bond acceptors (Lipinski definition) is 6. The number of rotatable bonds is 8. The Hall–Kier alpha value is -2.24. The first-order valence-corrected chi connectivity index (χ1v) is 9.89. The lowest BCUT2D eigenvalue weighted by molar-refractivity contribution is -0.170. The molecule has 1 aromatic rings. The van der Waals surface area contributed by atoms with Gasteiger partial charge in [-0.1, -0.05) is 18.5 Å². The predicted octanol–water partition coefficient (Wildman–Crippen LogP) is 4.24. The largest absolute Gasteiger partial charge is 0.493 e. The summed E-state index contributed by atoms with van der Waals surface area (Å²) in [6.07, 6.45) is 6.54. The monoisotopic (exact) mass is 375 g/mol. The van der Waals surface area contributed by atoms with E-state index in [1.54, 1.807) is 14.0 Å². The van der Waals surface area contributed by atoms with Gasteiger partial charge >= 0.3 is 5.97 Å². The van der Waals surface area contributed by atoms with Gasteiger partial charge in [-0.05, 0) is 50.8 Å². The van der Waals surface area contributed by atoms with Crippen LogP contribution < -0.4 is 9.47 Å². The molecule has 1 heterocycles. The predicted molar refractivity (Wildman–Crippen MR) is 102 cm³/mol. The van der Waals surface area contributed by atoms with Crippen molar-refractivity contribution < 1.29 is 23.8 Å². The standard InChI is InChI=1S/C21H29NO5/c1-4-12-21(20(23)25-5-2)14-17(22-27-21)15-10-11-18(24-3)19(13-15)26-16-8-6-7-9-16/h10-11,13,16H,4-9,12,14H2,1-3H3. The minimum Gasteiger partial charge on any atom is -0.493 e. The lowest BCUT2D eigenvalue weighted by atomic mass is 9.90. The molecule has 2 aliphatic rings. The third-order valence-corrected chi connectivity index (χ3v) is 5.18. The molecule has 0 saturated heterocycles. The van der Waals surface area contributed by atoms with Crippen molar-refractivity contribution in [3.63, 3.8) is 0 Å². The zero-order valence-corrected chi connectivity index (χ0v) is 16.5. The zero-order chi connectivity index (χ0) is 19.3. The van der Waals surface area contributed by atoms with E-state index in [9.17, 15) is 4.79 Å². The van der Waals surface area contributed by atoms with Gasteiger partial charge < -0.3 is 19.0 Å². The zero-order valence-electron chi connectivity index (χ0n) is 16.5. The van der Waals surface area contributed by atoms with E-state index in [2.05, 4.69) is 5.16 Å². The van der Waals surface area contributed by atoms with Crippen molar-refractivity contribution in [2.24, 2.45) is 5.16 Å². The molecule has 6 nitrogen and oxygen atoms in total. The molecule has 0 spiro atoms. The maximum atomic E-state index is 12.5. The maximum Gasteiger partial charge on any atom is 0.353 e. The summed E-state index contributed by atoms with van der Waals surface area (Å²) in [7, 11) is 1.64. The first kappa shape index (κ1) is 19.5. The van der Waals surface area contributed by atoms with Gasteiger partial charge in [-0.3, -0.25) is 0 Å². The molecule has 1 atom stereocenters. The van der Waals surface area contributed by atoms with Crippen molar-refractivity contribution >= 4 is 11.7 Å². The molecule has 0 radical (unpaired) electrons. The fourth-order valence-corrected chi connectivity index (χ4v) is 3.78. The first-order chi connectivity index (χ1) is 13.1. The Balaban J connectivity index is 1.80. The number of carbonyl (C=O) groups excluding carboxylic acids is 1. The highest BCUT2D eigenvalue weighted by Crippen LogP contribution is 2.36. The van der Waals surface area contributed by atoms with Crippen molar-refractivity contribution in [1.29, 1.82) is 0 Å². The third-order valence-electron chi connectivity index (χ3n) is 5.18. The number of oxime groups is 1. The number of benzene rings is 1. The van der Waals surface area contributed by atoms with Gasteiger partial charge in [-0.2, -0.15) is 0 Å². The van der Waals surface area contributed by atoms with Crippen LogP contribution in [0.5, 0.6) is 11.5 Å². The van der Waals surface area contributed by atoms with Crippen LogP contribution >= 0.6 is 0 Å². The van der Waals surface area contributed by atoms with Crippen molar-refractivity contribution in [1.82, 2.24) is 0 Å². The van der Waals surface area contributed by atoms with E-state index >= 15 is 0 Å². The number of methoxy groups -OCH3 is 1. The molecule has 1 aliphatic carbocycles. The number of ether oxygens (including phenoxy) is 3. The van der Waals surface area contributed by atoms with Crippen molar-refractivity contribution in [3.05, 3.63) is 23.8 Å². The van der Waals surface area contributed by atoms with Crippen LogP contribution in [0.1, 0.15) is 64.4 Å². The molecule has 148 valence electrons. The van der Waals surface area contributed by atoms with Gasteiger partial charge in [-0.15, -0.1) is 0 Å². The van der Waals surface area contributed by atoms with Gasteiger partial charge in [0, 0.05) is 18.4 Å². The second-order valence-corrected chi connectivity index (χ2v) is 7.16. The first-order valence-electron chi connectivity index (χ1n) is 9.89. The highest BCUT2D eigenvalue weighted by Gasteiger charge is 2.47. The molecule has 0 bridgehead atoms. The third kappa shape index (κ3) is 4.20. The molecule has 27 heavy (non-hydrogen) atoms. The fraction of sp³-hybridized carbons (Fsp3) is 0.619. The summed E-state index contributed by atoms with van der Waals surface area (Å²) in [5.41, 5.74) is 0.591. The molecule has 1 unspecified atom stereocenters. The van der Waals surface area contributed by atoms with Crippen molar-refractivity contribution in [3.8, 4) is 11.5 Å². The van der Waals surface area contributed by atoms with Crippen LogP contribution in [0.3, 0.4) is 0 Å². The van der Waals surface area contributed by atoms with Crippen LogP contribution in [-0.2, 0) is 14.4 Å². The molecule has 1 saturated carbocycles. The summed E-state index contributed by atoms with van der Waals surface area (Å²) in [4.78, 5) is 18.1. The highest BCUT2D eigenvalue weighted by atomic mass is 16.7. The van der Waals surface area contributed by atoms with Gasteiger partial charge in [0.05, 0.1) is 25.5 Å². The summed E-state index contributed by atoms with van der Waals surface area (Å²) < 4.78 is 16.9. The average molecular weight is 375 g/mol. The van der Waals surface area contributed by atoms with E-state index in [1.807, 2.05) is 25.1 Å². The fourth-order valence-electron chi connectivity index (χ4n) is 3.78. The molecule has 0 aromatic heterocycles. The van der Waals surface area contributed by atoms with Gasteiger partial charge in [-0.25, -0.2) is 4.79 Å². The summed E-state index contributed by atoms with van der Waals surface area (Å²) in [5.74, 6) is 1.07. The van der Waals surface area contributed by atoms with Crippen molar-refractivity contribution in [2.75, 3.05) is 13.7 Å². The summed E-state index contributed by atoms with van der Waals surface area (Å²) >= 11 is 0. The summed E-state index contributed by atoms with van der Waals surface area (Å²) in [5, 5.41) is 4.23. The molecule has 1 aromatic carbocycles. The SMILES string of the molecule is CCCC1(C(=O)OCC)CC(c2ccc(OC)c(OC3CCCC3)c2)=NO1. The van der Waals surface area contributed by atoms with Crippen LogP contribution in [0.2, 0.25) is 0 Å². The highest BCUT2D eigenvalue weighted by molar-refractivity contribution is 6.05. The van der Waals surface area contributed by atoms with Crippen LogP contribution in [0, 0.1) is 0 Å². The molecule has 6 heteroatoms. The number of esters is 1. The maximum absolute atomic E-state index is 12.5. The molecular weight excluding hydrogens is 346 g/mol. The minimum atomic E-state index is -1.02. The van der Waals surface area contributed by atoms with Gasteiger partial charge in [0.2, 0.25) is 5.60 Å². The molecule has 1 fully saturated rings. The van der Waals surface area contributed by atoms with Crippen LogP contribution in [0.15, 0.2) is 23.4 Å². The molecular formula is C21H29NO5. The quantitative estimate of drug-likeness (QED) is 0.636. The van der Waals surface area contributed by atoms with E-state index in [1.165, 1.54) is 12.8 Å². The topological polar surface area (TPSA) is 66.4 Å². The smallest absolute Gasteiger partial charge is 0.353 e. The number of nitrogens with zero attached hydrogens (tertiary/aromatic N) is 1. The second-order valence-electron chi connectivity index (χ2n) is 7.16. The second kappa shape index (κ2) is 8.63. The van der Waals surface area contributed by atoms with E-state index in [4.69, 9.17) is 19.0 Å². The number of carbonyl (C=O) groups is 1. The van der Waals surface area contributed by atoms with Crippen LogP contribution in [0.25, 0.3) is 0 Å². The Labute approximate surface area is 160 Å². The Kier molecular flexibility index (Phi) is 6.24. The van der Waals surface area contributed by atoms with Crippen LogP contribution in [-0.4, -0.2) is 37.1 Å². The van der Waals surface area contributed by atoms with E-state index in [0.717, 1.165) is 30.5 Å². The molecule has 0 N–H and O–H groups in total. The normalized spacial score (nSPS) is 22.3. The Morgan fingerprint density at radius 2 is 2.04 bits per heavy atom. The van der Waals surface area contributed by atoms with E-state index in [0.29, 0.717) is 30.9 Å². The lowest BCUT2D eigenvalue weighted by Crippen LogP contribution is -2.40. The van der Waals surface area contributed by atoms with E-state index in [-0.39, 0.29) is 12.1 Å². The molecule has 3 rings (SSSR count). The summed E-state index contributed by atoms with van der Waals surface area (Å²) in [6.45, 7) is 4.14. The Morgan fingerprint density at radius 1 is 1.26 bits per heavy atom. The molecule has 0 amide bonds.